The van der Waals surface area contributed by atoms with Gasteiger partial charge in [0.05, 0.1) is 18.9 Å². The first-order chi connectivity index (χ1) is 7.88. The number of pyridine rings is 1. The van der Waals surface area contributed by atoms with E-state index < -0.39 is 0 Å². The van der Waals surface area contributed by atoms with Gasteiger partial charge in [0, 0.05) is 26.0 Å². The number of hydrogen-bond acceptors (Lipinski definition) is 5. The molecular formula is C11H17NO4. The van der Waals surface area contributed by atoms with Crippen LogP contribution in [-0.4, -0.2) is 32.8 Å². The van der Waals surface area contributed by atoms with Crippen LogP contribution in [0, 0.1) is 0 Å². The maximum Gasteiger partial charge on any atom is 0.146 e. The maximum absolute atomic E-state index is 5.27. The van der Waals surface area contributed by atoms with Crippen molar-refractivity contribution < 1.29 is 18.9 Å². The molecule has 0 aromatic carbocycles. The van der Waals surface area contributed by atoms with E-state index >= 15 is 0 Å². The summed E-state index contributed by atoms with van der Waals surface area (Å²) in [5.74, 6) is 0. The monoisotopic (exact) mass is 227 g/mol. The second kappa shape index (κ2) is 8.18. The fraction of sp³-hybridized carbons (Fsp3) is 0.545. The molecule has 0 N–H and O–H groups in total. The van der Waals surface area contributed by atoms with Gasteiger partial charge in [-0.2, -0.15) is 0 Å². The lowest BCUT2D eigenvalue weighted by Gasteiger charge is -2.08. The van der Waals surface area contributed by atoms with Crippen LogP contribution in [0.3, 0.4) is 0 Å². The predicted octanol–water partition coefficient (Wildman–Crippen LogP) is 1.32. The average Bonchev–Trinajstić information content (AvgIpc) is 2.32. The molecule has 0 saturated carbocycles. The standard InChI is InChI=1S/C11H17NO4/c1-13-8-15-6-10-4-3-5-12-11(10)7-16-9-14-2/h3-5H,6-9H2,1-2H3. The summed E-state index contributed by atoms with van der Waals surface area (Å²) in [5, 5.41) is 0. The summed E-state index contributed by atoms with van der Waals surface area (Å²) >= 11 is 0. The zero-order valence-electron chi connectivity index (χ0n) is 9.64. The van der Waals surface area contributed by atoms with Gasteiger partial charge in [-0.1, -0.05) is 6.07 Å². The minimum absolute atomic E-state index is 0.259. The van der Waals surface area contributed by atoms with Crippen LogP contribution in [0.4, 0.5) is 0 Å². The molecule has 0 atom stereocenters. The van der Waals surface area contributed by atoms with E-state index in [1.165, 1.54) is 0 Å². The molecule has 1 aromatic rings. The van der Waals surface area contributed by atoms with Gasteiger partial charge in [0.1, 0.15) is 13.6 Å². The molecule has 0 amide bonds. The second-order valence-electron chi connectivity index (χ2n) is 3.12. The quantitative estimate of drug-likeness (QED) is 0.495. The zero-order valence-corrected chi connectivity index (χ0v) is 9.64. The minimum atomic E-state index is 0.259. The summed E-state index contributed by atoms with van der Waals surface area (Å²) in [6.07, 6.45) is 1.73. The van der Waals surface area contributed by atoms with Crippen molar-refractivity contribution >= 4 is 0 Å². The molecule has 0 bridgehead atoms. The lowest BCUT2D eigenvalue weighted by molar-refractivity contribution is -0.0464. The van der Waals surface area contributed by atoms with Crippen molar-refractivity contribution in [1.82, 2.24) is 4.98 Å². The van der Waals surface area contributed by atoms with E-state index in [1.54, 1.807) is 20.4 Å². The molecule has 1 aromatic heterocycles. The number of ether oxygens (including phenoxy) is 4. The van der Waals surface area contributed by atoms with Crippen molar-refractivity contribution in [2.75, 3.05) is 27.8 Å². The fourth-order valence-electron chi connectivity index (χ4n) is 1.19. The van der Waals surface area contributed by atoms with Gasteiger partial charge in [0.15, 0.2) is 0 Å². The summed E-state index contributed by atoms with van der Waals surface area (Å²) in [6, 6.07) is 3.82. The van der Waals surface area contributed by atoms with Gasteiger partial charge in [-0.05, 0) is 6.07 Å². The maximum atomic E-state index is 5.27. The third kappa shape index (κ3) is 4.67. The molecule has 0 aliphatic carbocycles. The van der Waals surface area contributed by atoms with Crippen LogP contribution in [0.2, 0.25) is 0 Å². The Hall–Kier alpha value is -1.01. The van der Waals surface area contributed by atoms with E-state index in [1.807, 2.05) is 12.1 Å². The Morgan fingerprint density at radius 3 is 2.44 bits per heavy atom. The fourth-order valence-corrected chi connectivity index (χ4v) is 1.19. The van der Waals surface area contributed by atoms with Crippen LogP contribution >= 0.6 is 0 Å². The van der Waals surface area contributed by atoms with Crippen LogP contribution in [-0.2, 0) is 32.2 Å². The van der Waals surface area contributed by atoms with Crippen LogP contribution in [0.1, 0.15) is 11.3 Å². The number of aromatic nitrogens is 1. The largest absolute Gasteiger partial charge is 0.359 e. The van der Waals surface area contributed by atoms with E-state index in [0.29, 0.717) is 13.2 Å². The number of rotatable bonds is 8. The molecular weight excluding hydrogens is 210 g/mol. The average molecular weight is 227 g/mol. The van der Waals surface area contributed by atoms with Gasteiger partial charge in [0.2, 0.25) is 0 Å². The summed E-state index contributed by atoms with van der Waals surface area (Å²) in [4.78, 5) is 4.23. The number of hydrogen-bond donors (Lipinski definition) is 0. The van der Waals surface area contributed by atoms with Gasteiger partial charge in [-0.25, -0.2) is 0 Å². The van der Waals surface area contributed by atoms with Crippen molar-refractivity contribution in [3.05, 3.63) is 29.6 Å². The molecule has 5 heteroatoms. The Balaban J connectivity index is 2.46. The molecule has 0 aliphatic rings. The van der Waals surface area contributed by atoms with Crippen molar-refractivity contribution in [3.63, 3.8) is 0 Å². The van der Waals surface area contributed by atoms with Gasteiger partial charge in [-0.3, -0.25) is 4.98 Å². The first-order valence-electron chi connectivity index (χ1n) is 4.94. The summed E-state index contributed by atoms with van der Waals surface area (Å²) in [7, 11) is 3.17. The van der Waals surface area contributed by atoms with Gasteiger partial charge < -0.3 is 18.9 Å². The summed E-state index contributed by atoms with van der Waals surface area (Å²) in [5.41, 5.74) is 1.85. The molecule has 0 aliphatic heterocycles. The van der Waals surface area contributed by atoms with Crippen molar-refractivity contribution in [2.45, 2.75) is 13.2 Å². The third-order valence-electron chi connectivity index (χ3n) is 1.88. The third-order valence-corrected chi connectivity index (χ3v) is 1.88. The highest BCUT2D eigenvalue weighted by Gasteiger charge is 2.03. The second-order valence-corrected chi connectivity index (χ2v) is 3.12. The first kappa shape index (κ1) is 13.1. The smallest absolute Gasteiger partial charge is 0.146 e. The molecule has 1 rings (SSSR count). The SMILES string of the molecule is COCOCc1cccnc1COCOC. The Bertz CT molecular complexity index is 264. The van der Waals surface area contributed by atoms with Crippen LogP contribution in [0.25, 0.3) is 0 Å². The molecule has 1 heterocycles. The van der Waals surface area contributed by atoms with E-state index in [4.69, 9.17) is 18.9 Å². The Labute approximate surface area is 95.3 Å². The van der Waals surface area contributed by atoms with Crippen molar-refractivity contribution in [3.8, 4) is 0 Å². The van der Waals surface area contributed by atoms with E-state index in [2.05, 4.69) is 4.98 Å². The van der Waals surface area contributed by atoms with E-state index in [-0.39, 0.29) is 13.6 Å². The molecule has 5 nitrogen and oxygen atoms in total. The molecule has 16 heavy (non-hydrogen) atoms. The van der Waals surface area contributed by atoms with Crippen molar-refractivity contribution in [2.24, 2.45) is 0 Å². The molecule has 0 spiro atoms. The molecule has 0 saturated heterocycles. The lowest BCUT2D eigenvalue weighted by Crippen LogP contribution is -2.05. The molecule has 0 radical (unpaired) electrons. The highest BCUT2D eigenvalue weighted by atomic mass is 16.7. The van der Waals surface area contributed by atoms with E-state index in [9.17, 15) is 0 Å². The molecule has 0 unspecified atom stereocenters. The lowest BCUT2D eigenvalue weighted by atomic mass is 10.2. The first-order valence-corrected chi connectivity index (χ1v) is 4.94. The Kier molecular flexibility index (Phi) is 6.67. The summed E-state index contributed by atoms with van der Waals surface area (Å²) in [6.45, 7) is 1.41. The van der Waals surface area contributed by atoms with Crippen molar-refractivity contribution in [1.29, 1.82) is 0 Å². The van der Waals surface area contributed by atoms with Gasteiger partial charge in [-0.15, -0.1) is 0 Å². The minimum Gasteiger partial charge on any atom is -0.359 e. The predicted molar refractivity (Wildman–Crippen MR) is 57.6 cm³/mol. The Morgan fingerprint density at radius 1 is 1.06 bits per heavy atom. The van der Waals surface area contributed by atoms with Gasteiger partial charge in [0.25, 0.3) is 0 Å². The number of methoxy groups -OCH3 is 2. The highest BCUT2D eigenvalue weighted by molar-refractivity contribution is 5.18. The van der Waals surface area contributed by atoms with E-state index in [0.717, 1.165) is 11.3 Å². The molecule has 90 valence electrons. The zero-order chi connectivity index (χ0) is 11.6. The van der Waals surface area contributed by atoms with Gasteiger partial charge >= 0.3 is 0 Å². The summed E-state index contributed by atoms with van der Waals surface area (Å²) < 4.78 is 20.1. The van der Waals surface area contributed by atoms with Crippen LogP contribution in [0.5, 0.6) is 0 Å². The number of nitrogens with zero attached hydrogens (tertiary/aromatic N) is 1. The van der Waals surface area contributed by atoms with Crippen LogP contribution in [0.15, 0.2) is 18.3 Å². The highest BCUT2D eigenvalue weighted by Crippen LogP contribution is 2.08. The molecule has 0 fully saturated rings. The Morgan fingerprint density at radius 2 is 1.75 bits per heavy atom. The normalized spacial score (nSPS) is 10.6. The topological polar surface area (TPSA) is 49.8 Å². The van der Waals surface area contributed by atoms with Crippen LogP contribution < -0.4 is 0 Å².